The summed E-state index contributed by atoms with van der Waals surface area (Å²) >= 11 is 0. The molecule has 78 valence electrons. The third-order valence-corrected chi connectivity index (χ3v) is 1.98. The predicted molar refractivity (Wildman–Crippen MR) is 51.0 cm³/mol. The number of hydrogen-bond acceptors (Lipinski definition) is 4. The second-order valence-electron chi connectivity index (χ2n) is 2.97. The van der Waals surface area contributed by atoms with Crippen LogP contribution in [0.15, 0.2) is 31.0 Å². The lowest BCUT2D eigenvalue weighted by molar-refractivity contribution is 0.138. The third kappa shape index (κ3) is 2.04. The van der Waals surface area contributed by atoms with E-state index in [1.54, 1.807) is 24.0 Å². The minimum atomic E-state index is -0.450. The van der Waals surface area contributed by atoms with Crippen LogP contribution in [-0.4, -0.2) is 25.4 Å². The van der Waals surface area contributed by atoms with Gasteiger partial charge in [-0.25, -0.2) is 14.3 Å². The fourth-order valence-electron chi connectivity index (χ4n) is 1.12. The second-order valence-corrected chi connectivity index (χ2v) is 2.97. The standard InChI is InChI=1S/C9H10N4O2/c1-12-8(2-3-11-12)6-15-9(14)13-5-4-10-7-13/h2-5,7H,6H2,1H3. The fraction of sp³-hybridized carbons (Fsp3) is 0.222. The molecule has 6 heteroatoms. The summed E-state index contributed by atoms with van der Waals surface area (Å²) in [7, 11) is 1.79. The highest BCUT2D eigenvalue weighted by atomic mass is 16.5. The van der Waals surface area contributed by atoms with Gasteiger partial charge in [-0.15, -0.1) is 0 Å². The molecule has 0 atom stereocenters. The quantitative estimate of drug-likeness (QED) is 0.729. The molecular formula is C9H10N4O2. The topological polar surface area (TPSA) is 61.9 Å². The van der Waals surface area contributed by atoms with Crippen LogP contribution in [0.5, 0.6) is 0 Å². The van der Waals surface area contributed by atoms with E-state index >= 15 is 0 Å². The van der Waals surface area contributed by atoms with Crippen molar-refractivity contribution in [2.75, 3.05) is 0 Å². The molecule has 0 fully saturated rings. The van der Waals surface area contributed by atoms with Crippen molar-refractivity contribution >= 4 is 6.09 Å². The van der Waals surface area contributed by atoms with Crippen LogP contribution in [0, 0.1) is 0 Å². The van der Waals surface area contributed by atoms with E-state index in [1.165, 1.54) is 23.3 Å². The lowest BCUT2D eigenvalue weighted by atomic mass is 10.5. The Hall–Kier alpha value is -2.11. The molecule has 0 aromatic carbocycles. The Morgan fingerprint density at radius 2 is 2.40 bits per heavy atom. The summed E-state index contributed by atoms with van der Waals surface area (Å²) in [6.45, 7) is 0.202. The van der Waals surface area contributed by atoms with Gasteiger partial charge in [-0.05, 0) is 6.07 Å². The van der Waals surface area contributed by atoms with Crippen molar-refractivity contribution in [3.8, 4) is 0 Å². The number of aryl methyl sites for hydroxylation is 1. The maximum atomic E-state index is 11.4. The van der Waals surface area contributed by atoms with Gasteiger partial charge in [0.1, 0.15) is 12.9 Å². The maximum Gasteiger partial charge on any atom is 0.419 e. The summed E-state index contributed by atoms with van der Waals surface area (Å²) in [5, 5.41) is 3.96. The minimum Gasteiger partial charge on any atom is -0.442 e. The van der Waals surface area contributed by atoms with Crippen molar-refractivity contribution in [1.82, 2.24) is 19.3 Å². The average Bonchev–Trinajstić information content (AvgIpc) is 2.85. The number of imidazole rings is 1. The van der Waals surface area contributed by atoms with Gasteiger partial charge in [0, 0.05) is 25.6 Å². The van der Waals surface area contributed by atoms with Crippen molar-refractivity contribution < 1.29 is 9.53 Å². The van der Waals surface area contributed by atoms with Gasteiger partial charge in [0.2, 0.25) is 0 Å². The lowest BCUT2D eigenvalue weighted by Gasteiger charge is -2.04. The zero-order valence-corrected chi connectivity index (χ0v) is 8.20. The lowest BCUT2D eigenvalue weighted by Crippen LogP contribution is -2.12. The molecule has 0 saturated carbocycles. The van der Waals surface area contributed by atoms with Crippen LogP contribution < -0.4 is 0 Å². The van der Waals surface area contributed by atoms with E-state index in [0.717, 1.165) is 5.69 Å². The molecule has 2 rings (SSSR count). The molecule has 2 heterocycles. The Labute approximate surface area is 86.1 Å². The second kappa shape index (κ2) is 3.95. The number of carbonyl (C=O) groups excluding carboxylic acids is 1. The first-order chi connectivity index (χ1) is 7.27. The Morgan fingerprint density at radius 3 is 3.00 bits per heavy atom. The number of ether oxygens (including phenoxy) is 1. The van der Waals surface area contributed by atoms with Gasteiger partial charge in [-0.2, -0.15) is 5.10 Å². The molecule has 0 radical (unpaired) electrons. The van der Waals surface area contributed by atoms with Gasteiger partial charge in [-0.3, -0.25) is 4.68 Å². The summed E-state index contributed by atoms with van der Waals surface area (Å²) < 4.78 is 7.96. The van der Waals surface area contributed by atoms with Crippen LogP contribution in [0.2, 0.25) is 0 Å². The number of nitrogens with zero attached hydrogens (tertiary/aromatic N) is 4. The zero-order chi connectivity index (χ0) is 10.7. The monoisotopic (exact) mass is 206 g/mol. The highest BCUT2D eigenvalue weighted by Gasteiger charge is 2.06. The number of rotatable bonds is 2. The summed E-state index contributed by atoms with van der Waals surface area (Å²) in [6.07, 6.45) is 5.65. The van der Waals surface area contributed by atoms with E-state index in [-0.39, 0.29) is 6.61 Å². The van der Waals surface area contributed by atoms with Gasteiger partial charge in [0.05, 0.1) is 5.69 Å². The molecule has 0 spiro atoms. The first-order valence-electron chi connectivity index (χ1n) is 4.39. The van der Waals surface area contributed by atoms with Crippen molar-refractivity contribution in [2.24, 2.45) is 7.05 Å². The highest BCUT2D eigenvalue weighted by Crippen LogP contribution is 2.00. The number of aromatic nitrogens is 4. The van der Waals surface area contributed by atoms with Gasteiger partial charge >= 0.3 is 6.09 Å². The third-order valence-electron chi connectivity index (χ3n) is 1.98. The van der Waals surface area contributed by atoms with Crippen LogP contribution in [-0.2, 0) is 18.4 Å². The fourth-order valence-corrected chi connectivity index (χ4v) is 1.12. The molecule has 0 amide bonds. The number of carbonyl (C=O) groups is 1. The highest BCUT2D eigenvalue weighted by molar-refractivity contribution is 5.69. The average molecular weight is 206 g/mol. The summed E-state index contributed by atoms with van der Waals surface area (Å²) in [4.78, 5) is 15.1. The Bertz CT molecular complexity index is 446. The maximum absolute atomic E-state index is 11.4. The van der Waals surface area contributed by atoms with Crippen molar-refractivity contribution in [3.05, 3.63) is 36.7 Å². The Balaban J connectivity index is 1.95. The van der Waals surface area contributed by atoms with Crippen LogP contribution in [0.3, 0.4) is 0 Å². The zero-order valence-electron chi connectivity index (χ0n) is 8.20. The molecule has 0 aliphatic carbocycles. The molecule has 0 saturated heterocycles. The summed E-state index contributed by atoms with van der Waals surface area (Å²) in [5.74, 6) is 0. The molecule has 0 unspecified atom stereocenters. The molecule has 0 aliphatic heterocycles. The van der Waals surface area contributed by atoms with E-state index in [9.17, 15) is 4.79 Å². The van der Waals surface area contributed by atoms with Gasteiger partial charge in [-0.1, -0.05) is 0 Å². The number of hydrogen-bond donors (Lipinski definition) is 0. The van der Waals surface area contributed by atoms with Crippen molar-refractivity contribution in [1.29, 1.82) is 0 Å². The van der Waals surface area contributed by atoms with E-state index in [2.05, 4.69) is 10.1 Å². The smallest absolute Gasteiger partial charge is 0.419 e. The first-order valence-corrected chi connectivity index (χ1v) is 4.39. The van der Waals surface area contributed by atoms with Crippen molar-refractivity contribution in [3.63, 3.8) is 0 Å². The summed E-state index contributed by atoms with van der Waals surface area (Å²) in [6, 6.07) is 1.79. The van der Waals surface area contributed by atoms with Gasteiger partial charge in [0.25, 0.3) is 0 Å². The Kier molecular flexibility index (Phi) is 2.49. The molecule has 0 N–H and O–H groups in total. The van der Waals surface area contributed by atoms with Crippen LogP contribution >= 0.6 is 0 Å². The molecule has 15 heavy (non-hydrogen) atoms. The molecule has 0 bridgehead atoms. The van der Waals surface area contributed by atoms with E-state index in [0.29, 0.717) is 0 Å². The van der Waals surface area contributed by atoms with E-state index in [1.807, 2.05) is 0 Å². The largest absolute Gasteiger partial charge is 0.442 e. The van der Waals surface area contributed by atoms with Gasteiger partial charge in [0.15, 0.2) is 0 Å². The normalized spacial score (nSPS) is 10.2. The summed E-state index contributed by atoms with van der Waals surface area (Å²) in [5.41, 5.74) is 0.837. The molecule has 6 nitrogen and oxygen atoms in total. The Morgan fingerprint density at radius 1 is 1.53 bits per heavy atom. The molecular weight excluding hydrogens is 196 g/mol. The first kappa shape index (κ1) is 9.45. The van der Waals surface area contributed by atoms with E-state index in [4.69, 9.17) is 4.74 Å². The van der Waals surface area contributed by atoms with Gasteiger partial charge < -0.3 is 4.74 Å². The van der Waals surface area contributed by atoms with Crippen molar-refractivity contribution in [2.45, 2.75) is 6.61 Å². The van der Waals surface area contributed by atoms with Crippen LogP contribution in [0.25, 0.3) is 0 Å². The SMILES string of the molecule is Cn1nccc1COC(=O)n1ccnc1. The molecule has 0 aliphatic rings. The molecule has 2 aromatic heterocycles. The predicted octanol–water partition coefficient (Wildman–Crippen LogP) is 0.801. The van der Waals surface area contributed by atoms with Crippen LogP contribution in [0.1, 0.15) is 5.69 Å². The molecule has 2 aromatic rings. The van der Waals surface area contributed by atoms with E-state index < -0.39 is 6.09 Å². The van der Waals surface area contributed by atoms with Crippen LogP contribution in [0.4, 0.5) is 4.79 Å². The minimum absolute atomic E-state index is 0.202.